The van der Waals surface area contributed by atoms with Crippen LogP contribution in [0.25, 0.3) is 5.69 Å². The molecule has 0 unspecified atom stereocenters. The van der Waals surface area contributed by atoms with Crippen molar-refractivity contribution in [3.63, 3.8) is 0 Å². The Morgan fingerprint density at radius 1 is 1.37 bits per heavy atom. The Morgan fingerprint density at radius 3 is 2.63 bits per heavy atom. The van der Waals surface area contributed by atoms with E-state index in [1.807, 2.05) is 0 Å². The number of nitrogens with zero attached hydrogens (tertiary/aromatic N) is 3. The summed E-state index contributed by atoms with van der Waals surface area (Å²) in [4.78, 5) is 13.7. The maximum Gasteiger partial charge on any atom is 0.434 e. The molecule has 0 N–H and O–H groups in total. The highest BCUT2D eigenvalue weighted by Crippen LogP contribution is 2.35. The minimum absolute atomic E-state index is 0.0555. The molecule has 1 aliphatic rings. The fourth-order valence-electron chi connectivity index (χ4n) is 3.02. The molecule has 0 spiro atoms. The average Bonchev–Trinajstić information content (AvgIpc) is 3.16. The van der Waals surface area contributed by atoms with Gasteiger partial charge < -0.3 is 4.90 Å². The van der Waals surface area contributed by atoms with Crippen molar-refractivity contribution >= 4 is 27.3 Å². The molecule has 27 heavy (non-hydrogen) atoms. The summed E-state index contributed by atoms with van der Waals surface area (Å²) in [7, 11) is -1.99. The van der Waals surface area contributed by atoms with Gasteiger partial charge in [-0.05, 0) is 24.6 Å². The first-order valence-electron chi connectivity index (χ1n) is 7.88. The summed E-state index contributed by atoms with van der Waals surface area (Å²) in [5.74, 6) is -1.29. The highest BCUT2D eigenvalue weighted by Gasteiger charge is 2.42. The normalized spacial score (nSPS) is 19.2. The van der Waals surface area contributed by atoms with Crippen molar-refractivity contribution in [2.24, 2.45) is 0 Å². The molecule has 1 aromatic heterocycles. The van der Waals surface area contributed by atoms with Gasteiger partial charge in [-0.25, -0.2) is 13.1 Å². The summed E-state index contributed by atoms with van der Waals surface area (Å²) < 4.78 is 64.9. The first-order valence-corrected chi connectivity index (χ1v) is 10.1. The Labute approximate surface area is 158 Å². The molecule has 11 heteroatoms. The van der Waals surface area contributed by atoms with E-state index in [0.29, 0.717) is 4.68 Å². The molecular weight excluding hydrogens is 407 g/mol. The van der Waals surface area contributed by atoms with Crippen molar-refractivity contribution in [1.82, 2.24) is 14.7 Å². The molecule has 2 heterocycles. The molecule has 1 fully saturated rings. The topological polar surface area (TPSA) is 72.3 Å². The van der Waals surface area contributed by atoms with E-state index < -0.39 is 39.2 Å². The van der Waals surface area contributed by atoms with Crippen LogP contribution in [0.1, 0.15) is 22.5 Å². The number of carbonyl (C=O) groups is 1. The first kappa shape index (κ1) is 19.7. The Morgan fingerprint density at radius 2 is 2.07 bits per heavy atom. The minimum Gasteiger partial charge on any atom is -0.338 e. The lowest BCUT2D eigenvalue weighted by atomic mass is 10.1. The van der Waals surface area contributed by atoms with Crippen LogP contribution in [0.3, 0.4) is 0 Å². The van der Waals surface area contributed by atoms with Crippen LogP contribution in [-0.4, -0.2) is 53.6 Å². The zero-order chi connectivity index (χ0) is 20.0. The monoisotopic (exact) mass is 421 g/mol. The molecule has 0 saturated carbocycles. The standard InChI is InChI=1S/C16H15ClF3N3O3S/c1-22(12-5-6-27(25,26)9-12)15(24)13-8-21-23(14(13)16(18,19)20)11-4-2-3-10(17)7-11/h2-4,7-8,12H,5-6,9H2,1H3/t12-/m1/s1. The van der Waals surface area contributed by atoms with Gasteiger partial charge in [0.1, 0.15) is 0 Å². The Kier molecular flexibility index (Phi) is 4.98. The lowest BCUT2D eigenvalue weighted by Crippen LogP contribution is -2.38. The fourth-order valence-corrected chi connectivity index (χ4v) is 4.98. The predicted molar refractivity (Wildman–Crippen MR) is 92.7 cm³/mol. The molecule has 1 aliphatic heterocycles. The number of amides is 1. The number of halogens is 4. The van der Waals surface area contributed by atoms with E-state index in [2.05, 4.69) is 5.10 Å². The summed E-state index contributed by atoms with van der Waals surface area (Å²) >= 11 is 5.84. The number of aromatic nitrogens is 2. The van der Waals surface area contributed by atoms with Crippen LogP contribution in [0.2, 0.25) is 5.02 Å². The van der Waals surface area contributed by atoms with Gasteiger partial charge in [-0.3, -0.25) is 4.79 Å². The van der Waals surface area contributed by atoms with Crippen LogP contribution in [-0.2, 0) is 16.0 Å². The quantitative estimate of drug-likeness (QED) is 0.764. The van der Waals surface area contributed by atoms with Crippen LogP contribution in [0.4, 0.5) is 13.2 Å². The predicted octanol–water partition coefficient (Wildman–Crippen LogP) is 2.80. The van der Waals surface area contributed by atoms with E-state index in [9.17, 15) is 26.4 Å². The molecule has 6 nitrogen and oxygen atoms in total. The Balaban J connectivity index is 2.02. The second kappa shape index (κ2) is 6.83. The van der Waals surface area contributed by atoms with Gasteiger partial charge in [0.2, 0.25) is 0 Å². The molecule has 0 aliphatic carbocycles. The van der Waals surface area contributed by atoms with Crippen molar-refractivity contribution < 1.29 is 26.4 Å². The zero-order valence-corrected chi connectivity index (χ0v) is 15.6. The zero-order valence-electron chi connectivity index (χ0n) is 14.1. The largest absolute Gasteiger partial charge is 0.434 e. The van der Waals surface area contributed by atoms with Gasteiger partial charge in [0.25, 0.3) is 5.91 Å². The van der Waals surface area contributed by atoms with Gasteiger partial charge in [-0.1, -0.05) is 17.7 Å². The van der Waals surface area contributed by atoms with Crippen molar-refractivity contribution in [2.75, 3.05) is 18.6 Å². The second-order valence-corrected chi connectivity index (χ2v) is 8.93. The smallest absolute Gasteiger partial charge is 0.338 e. The van der Waals surface area contributed by atoms with Gasteiger partial charge in [0.05, 0.1) is 29.0 Å². The van der Waals surface area contributed by atoms with Crippen molar-refractivity contribution in [1.29, 1.82) is 0 Å². The van der Waals surface area contributed by atoms with Crippen LogP contribution < -0.4 is 0 Å². The Hall–Kier alpha value is -2.07. The van der Waals surface area contributed by atoms with Crippen LogP contribution in [0.15, 0.2) is 30.5 Å². The molecular formula is C16H15ClF3N3O3S. The van der Waals surface area contributed by atoms with E-state index in [4.69, 9.17) is 11.6 Å². The number of benzene rings is 1. The maximum atomic E-state index is 13.7. The number of carbonyl (C=O) groups excluding carboxylic acids is 1. The Bertz CT molecular complexity index is 988. The summed E-state index contributed by atoms with van der Waals surface area (Å²) in [6, 6.07) is 4.98. The second-order valence-electron chi connectivity index (χ2n) is 6.27. The molecule has 2 aromatic rings. The van der Waals surface area contributed by atoms with Crippen LogP contribution in [0, 0.1) is 0 Å². The van der Waals surface area contributed by atoms with Gasteiger partial charge in [-0.15, -0.1) is 0 Å². The molecule has 0 radical (unpaired) electrons. The first-order chi connectivity index (χ1) is 12.5. The average molecular weight is 422 g/mol. The third-order valence-electron chi connectivity index (χ3n) is 4.40. The number of sulfone groups is 1. The number of hydrogen-bond acceptors (Lipinski definition) is 4. The van der Waals surface area contributed by atoms with E-state index in [-0.39, 0.29) is 28.6 Å². The summed E-state index contributed by atoms with van der Waals surface area (Å²) in [6.45, 7) is 0. The van der Waals surface area contributed by atoms with E-state index in [0.717, 1.165) is 11.1 Å². The van der Waals surface area contributed by atoms with Crippen LogP contribution >= 0.6 is 11.6 Å². The highest BCUT2D eigenvalue weighted by molar-refractivity contribution is 7.91. The van der Waals surface area contributed by atoms with E-state index >= 15 is 0 Å². The van der Waals surface area contributed by atoms with Crippen LogP contribution in [0.5, 0.6) is 0 Å². The summed E-state index contributed by atoms with van der Waals surface area (Å²) in [6.07, 6.45) is -3.83. The molecule has 1 aromatic carbocycles. The van der Waals surface area contributed by atoms with Gasteiger partial charge in [0, 0.05) is 18.1 Å². The third kappa shape index (κ3) is 3.96. The van der Waals surface area contributed by atoms with Crippen molar-refractivity contribution in [3.8, 4) is 5.69 Å². The van der Waals surface area contributed by atoms with Gasteiger partial charge in [0.15, 0.2) is 15.5 Å². The number of hydrogen-bond donors (Lipinski definition) is 0. The number of alkyl halides is 3. The third-order valence-corrected chi connectivity index (χ3v) is 6.38. The fraction of sp³-hybridized carbons (Fsp3) is 0.375. The lowest BCUT2D eigenvalue weighted by molar-refractivity contribution is -0.143. The minimum atomic E-state index is -4.85. The summed E-state index contributed by atoms with van der Waals surface area (Å²) in [5.41, 5.74) is -1.82. The number of rotatable bonds is 3. The summed E-state index contributed by atoms with van der Waals surface area (Å²) in [5, 5.41) is 3.94. The van der Waals surface area contributed by atoms with E-state index in [1.165, 1.54) is 31.3 Å². The molecule has 1 saturated heterocycles. The maximum absolute atomic E-state index is 13.7. The van der Waals surface area contributed by atoms with Crippen molar-refractivity contribution in [3.05, 3.63) is 46.7 Å². The molecule has 1 atom stereocenters. The van der Waals surface area contributed by atoms with Gasteiger partial charge >= 0.3 is 6.18 Å². The SMILES string of the molecule is CN(C(=O)c1cnn(-c2cccc(Cl)c2)c1C(F)(F)F)[C@@H]1CCS(=O)(=O)C1. The molecule has 3 rings (SSSR count). The molecule has 1 amide bonds. The molecule has 0 bridgehead atoms. The van der Waals surface area contributed by atoms with Crippen molar-refractivity contribution in [2.45, 2.75) is 18.6 Å². The lowest BCUT2D eigenvalue weighted by Gasteiger charge is -2.23. The van der Waals surface area contributed by atoms with Gasteiger partial charge in [-0.2, -0.15) is 18.3 Å². The molecule has 146 valence electrons. The van der Waals surface area contributed by atoms with E-state index in [1.54, 1.807) is 0 Å². The highest BCUT2D eigenvalue weighted by atomic mass is 35.5.